The van der Waals surface area contributed by atoms with Crippen molar-refractivity contribution < 1.29 is 18.1 Å². The van der Waals surface area contributed by atoms with Crippen molar-refractivity contribution in [2.75, 3.05) is 0 Å². The summed E-state index contributed by atoms with van der Waals surface area (Å²) in [7, 11) is -0.501. The van der Waals surface area contributed by atoms with Gasteiger partial charge in [-0.05, 0) is 41.5 Å². The first-order valence-electron chi connectivity index (χ1n) is 7.72. The number of halogens is 2. The first-order valence-corrected chi connectivity index (χ1v) is 7.72. The molecule has 4 nitrogen and oxygen atoms in total. The molecule has 2 aliphatic rings. The maximum Gasteiger partial charge on any atom is 0.498 e. The molecule has 7 heteroatoms. The first kappa shape index (κ1) is 15.9. The first-order chi connectivity index (χ1) is 9.95. The van der Waals surface area contributed by atoms with Crippen molar-refractivity contribution in [1.82, 2.24) is 9.78 Å². The van der Waals surface area contributed by atoms with Crippen molar-refractivity contribution >= 4 is 12.6 Å². The molecule has 0 spiro atoms. The lowest BCUT2D eigenvalue weighted by atomic mass is 9.77. The molecule has 3 rings (SSSR count). The average Bonchev–Trinajstić information content (AvgIpc) is 2.72. The molecule has 22 heavy (non-hydrogen) atoms. The van der Waals surface area contributed by atoms with E-state index < -0.39 is 30.2 Å². The fourth-order valence-corrected chi connectivity index (χ4v) is 2.87. The zero-order valence-electron chi connectivity index (χ0n) is 14.0. The molecule has 0 bridgehead atoms. The van der Waals surface area contributed by atoms with E-state index in [4.69, 9.17) is 9.31 Å². The molecule has 1 saturated heterocycles. The van der Waals surface area contributed by atoms with Crippen LogP contribution in [-0.4, -0.2) is 34.0 Å². The van der Waals surface area contributed by atoms with Crippen LogP contribution in [-0.2, 0) is 15.9 Å². The fraction of sp³-hybridized carbons (Fsp3) is 0.800. The number of alkyl halides is 2. The number of hydrogen-bond acceptors (Lipinski definition) is 3. The SMILES string of the molecule is Cc1nn(CC2CC2(F)F)c(C)c1B1OC(C)(C)C(C)(C)O1. The van der Waals surface area contributed by atoms with Gasteiger partial charge in [0.05, 0.1) is 16.9 Å². The average molecular weight is 312 g/mol. The lowest BCUT2D eigenvalue weighted by Gasteiger charge is -2.32. The number of hydrogen-bond donors (Lipinski definition) is 0. The second-order valence-electron chi connectivity index (χ2n) is 7.52. The highest BCUT2D eigenvalue weighted by Crippen LogP contribution is 2.49. The Hall–Kier alpha value is -0.945. The van der Waals surface area contributed by atoms with Gasteiger partial charge in [-0.2, -0.15) is 5.10 Å². The molecule has 0 amide bonds. The van der Waals surface area contributed by atoms with E-state index in [1.165, 1.54) is 0 Å². The summed E-state index contributed by atoms with van der Waals surface area (Å²) < 4.78 is 40.1. The molecule has 1 unspecified atom stereocenters. The molecule has 2 fully saturated rings. The quantitative estimate of drug-likeness (QED) is 0.805. The largest absolute Gasteiger partial charge is 0.498 e. The van der Waals surface area contributed by atoms with Crippen molar-refractivity contribution in [3.05, 3.63) is 11.4 Å². The third kappa shape index (κ3) is 2.38. The predicted molar refractivity (Wildman–Crippen MR) is 80.5 cm³/mol. The summed E-state index contributed by atoms with van der Waals surface area (Å²) in [5.74, 6) is -3.13. The standard InChI is InChI=1S/C15H23BF2N2O2/c1-9-12(16-21-13(3,4)14(5,6)22-16)10(2)20(19-9)8-11-7-15(11,17)18/h11H,7-8H2,1-6H3. The van der Waals surface area contributed by atoms with Gasteiger partial charge in [0.25, 0.3) is 5.92 Å². The highest BCUT2D eigenvalue weighted by atomic mass is 19.3. The van der Waals surface area contributed by atoms with Gasteiger partial charge in [-0.3, -0.25) is 4.68 Å². The topological polar surface area (TPSA) is 36.3 Å². The Morgan fingerprint density at radius 1 is 1.18 bits per heavy atom. The number of nitrogens with zero attached hydrogens (tertiary/aromatic N) is 2. The molecule has 1 saturated carbocycles. The summed E-state index contributed by atoms with van der Waals surface area (Å²) in [6, 6.07) is 0. The van der Waals surface area contributed by atoms with E-state index in [2.05, 4.69) is 5.10 Å². The van der Waals surface area contributed by atoms with Gasteiger partial charge in [-0.25, -0.2) is 8.78 Å². The number of aromatic nitrogens is 2. The molecule has 2 heterocycles. The molecule has 1 aromatic rings. The van der Waals surface area contributed by atoms with E-state index in [-0.39, 0.29) is 13.0 Å². The Morgan fingerprint density at radius 2 is 1.68 bits per heavy atom. The van der Waals surface area contributed by atoms with Gasteiger partial charge in [-0.15, -0.1) is 0 Å². The molecule has 1 aliphatic carbocycles. The molecular formula is C15H23BF2N2O2. The van der Waals surface area contributed by atoms with Gasteiger partial charge in [-0.1, -0.05) is 0 Å². The summed E-state index contributed by atoms with van der Waals surface area (Å²) in [5.41, 5.74) is 1.63. The maximum atomic E-state index is 13.1. The molecule has 0 aromatic carbocycles. The Balaban J connectivity index is 1.85. The minimum atomic E-state index is -2.53. The lowest BCUT2D eigenvalue weighted by Crippen LogP contribution is -2.41. The van der Waals surface area contributed by atoms with Gasteiger partial charge in [0.2, 0.25) is 0 Å². The summed E-state index contributed by atoms with van der Waals surface area (Å²) in [5, 5.41) is 4.42. The minimum absolute atomic E-state index is 0.0445. The zero-order valence-corrected chi connectivity index (χ0v) is 14.0. The Morgan fingerprint density at radius 3 is 2.14 bits per heavy atom. The fourth-order valence-electron chi connectivity index (χ4n) is 2.87. The van der Waals surface area contributed by atoms with Crippen LogP contribution in [0.25, 0.3) is 0 Å². The van der Waals surface area contributed by atoms with Crippen LogP contribution < -0.4 is 5.46 Å². The van der Waals surface area contributed by atoms with Crippen LogP contribution in [0.5, 0.6) is 0 Å². The Bertz CT molecular complexity index is 597. The predicted octanol–water partition coefficient (Wildman–Crippen LogP) is 2.45. The maximum absolute atomic E-state index is 13.1. The normalized spacial score (nSPS) is 28.2. The summed E-state index contributed by atoms with van der Waals surface area (Å²) in [4.78, 5) is 0. The molecule has 1 aliphatic heterocycles. The number of aryl methyl sites for hydroxylation is 1. The van der Waals surface area contributed by atoms with Crippen LogP contribution in [0.15, 0.2) is 0 Å². The van der Waals surface area contributed by atoms with Gasteiger partial charge in [0, 0.05) is 30.0 Å². The molecule has 0 N–H and O–H groups in total. The van der Waals surface area contributed by atoms with E-state index in [0.29, 0.717) is 0 Å². The summed E-state index contributed by atoms with van der Waals surface area (Å²) >= 11 is 0. The molecule has 122 valence electrons. The highest BCUT2D eigenvalue weighted by Gasteiger charge is 2.57. The second kappa shape index (κ2) is 4.54. The van der Waals surface area contributed by atoms with Crippen molar-refractivity contribution in [2.45, 2.75) is 71.6 Å². The van der Waals surface area contributed by atoms with Crippen LogP contribution in [0.1, 0.15) is 45.5 Å². The van der Waals surface area contributed by atoms with Gasteiger partial charge in [0.15, 0.2) is 0 Å². The van der Waals surface area contributed by atoms with Gasteiger partial charge >= 0.3 is 7.12 Å². The van der Waals surface area contributed by atoms with Crippen LogP contribution >= 0.6 is 0 Å². The zero-order chi connectivity index (χ0) is 16.5. The molecule has 1 aromatic heterocycles. The third-order valence-corrected chi connectivity index (χ3v) is 5.28. The van der Waals surface area contributed by atoms with Crippen LogP contribution in [0.2, 0.25) is 0 Å². The Kier molecular flexibility index (Phi) is 3.29. The van der Waals surface area contributed by atoms with E-state index in [1.807, 2.05) is 41.5 Å². The van der Waals surface area contributed by atoms with Crippen molar-refractivity contribution in [3.8, 4) is 0 Å². The monoisotopic (exact) mass is 312 g/mol. The third-order valence-electron chi connectivity index (χ3n) is 5.28. The summed E-state index contributed by atoms with van der Waals surface area (Å²) in [6.45, 7) is 12.0. The molecule has 0 radical (unpaired) electrons. The van der Waals surface area contributed by atoms with Crippen LogP contribution in [0.3, 0.4) is 0 Å². The van der Waals surface area contributed by atoms with E-state index in [0.717, 1.165) is 16.9 Å². The molecule has 1 atom stereocenters. The van der Waals surface area contributed by atoms with Crippen molar-refractivity contribution in [3.63, 3.8) is 0 Å². The highest BCUT2D eigenvalue weighted by molar-refractivity contribution is 6.63. The van der Waals surface area contributed by atoms with Crippen molar-refractivity contribution in [2.24, 2.45) is 5.92 Å². The second-order valence-corrected chi connectivity index (χ2v) is 7.52. The smallest absolute Gasteiger partial charge is 0.399 e. The minimum Gasteiger partial charge on any atom is -0.399 e. The van der Waals surface area contributed by atoms with Gasteiger partial charge < -0.3 is 9.31 Å². The van der Waals surface area contributed by atoms with E-state index >= 15 is 0 Å². The van der Waals surface area contributed by atoms with Crippen molar-refractivity contribution in [1.29, 1.82) is 0 Å². The van der Waals surface area contributed by atoms with E-state index in [1.54, 1.807) is 4.68 Å². The van der Waals surface area contributed by atoms with Crippen LogP contribution in [0.4, 0.5) is 8.78 Å². The van der Waals surface area contributed by atoms with Crippen LogP contribution in [0, 0.1) is 19.8 Å². The van der Waals surface area contributed by atoms with E-state index in [9.17, 15) is 8.78 Å². The van der Waals surface area contributed by atoms with Gasteiger partial charge in [0.1, 0.15) is 0 Å². The molecular weight excluding hydrogens is 289 g/mol. The number of rotatable bonds is 3. The summed E-state index contributed by atoms with van der Waals surface area (Å²) in [6.07, 6.45) is -0.0445. The lowest BCUT2D eigenvalue weighted by molar-refractivity contribution is 0.00578. The Labute approximate surface area is 130 Å².